The molecule has 0 aliphatic heterocycles. The lowest BCUT2D eigenvalue weighted by Gasteiger charge is -2.29. The molecule has 0 saturated heterocycles. The molecule has 0 unspecified atom stereocenters. The SMILES string of the molecule is N#Cc1ccc(OC2CCC(NC(=O)c3ccc(CCCO)cc3)CC2)cc1Cl. The number of aliphatic hydroxyl groups is 1. The molecule has 0 aromatic heterocycles. The monoisotopic (exact) mass is 412 g/mol. The average molecular weight is 413 g/mol. The molecule has 0 atom stereocenters. The van der Waals surface area contributed by atoms with E-state index in [4.69, 9.17) is 26.7 Å². The lowest BCUT2D eigenvalue weighted by atomic mass is 9.92. The first-order valence-electron chi connectivity index (χ1n) is 9.96. The van der Waals surface area contributed by atoms with Crippen LogP contribution in [0.5, 0.6) is 5.75 Å². The van der Waals surface area contributed by atoms with Gasteiger partial charge in [0.25, 0.3) is 5.91 Å². The zero-order valence-corrected chi connectivity index (χ0v) is 17.0. The van der Waals surface area contributed by atoms with Crippen molar-refractivity contribution in [3.05, 3.63) is 64.2 Å². The van der Waals surface area contributed by atoms with Crippen molar-refractivity contribution in [2.24, 2.45) is 0 Å². The van der Waals surface area contributed by atoms with Gasteiger partial charge in [-0.15, -0.1) is 0 Å². The van der Waals surface area contributed by atoms with Crippen LogP contribution in [0, 0.1) is 11.3 Å². The highest BCUT2D eigenvalue weighted by Crippen LogP contribution is 2.27. The van der Waals surface area contributed by atoms with E-state index in [0.717, 1.165) is 44.1 Å². The number of benzene rings is 2. The van der Waals surface area contributed by atoms with Crippen molar-refractivity contribution in [2.45, 2.75) is 50.7 Å². The third-order valence-corrected chi connectivity index (χ3v) is 5.53. The van der Waals surface area contributed by atoms with Crippen LogP contribution in [0.2, 0.25) is 5.02 Å². The third-order valence-electron chi connectivity index (χ3n) is 5.21. The molecule has 0 radical (unpaired) electrons. The predicted octanol–water partition coefficient (Wildman–Crippen LogP) is 4.26. The number of hydrogen-bond acceptors (Lipinski definition) is 4. The van der Waals surface area contributed by atoms with Crippen LogP contribution in [0.15, 0.2) is 42.5 Å². The maximum absolute atomic E-state index is 12.5. The van der Waals surface area contributed by atoms with Crippen LogP contribution in [0.3, 0.4) is 0 Å². The summed E-state index contributed by atoms with van der Waals surface area (Å²) in [5.41, 5.74) is 2.21. The fourth-order valence-electron chi connectivity index (χ4n) is 3.55. The van der Waals surface area contributed by atoms with Crippen LogP contribution < -0.4 is 10.1 Å². The van der Waals surface area contributed by atoms with Crippen molar-refractivity contribution in [1.29, 1.82) is 5.26 Å². The third kappa shape index (κ3) is 5.96. The number of hydrogen-bond donors (Lipinski definition) is 2. The van der Waals surface area contributed by atoms with Gasteiger partial charge in [0.1, 0.15) is 11.8 Å². The van der Waals surface area contributed by atoms with Gasteiger partial charge in [0.15, 0.2) is 0 Å². The summed E-state index contributed by atoms with van der Waals surface area (Å²) in [6.45, 7) is 0.173. The maximum atomic E-state index is 12.5. The molecule has 1 saturated carbocycles. The zero-order valence-electron chi connectivity index (χ0n) is 16.2. The van der Waals surface area contributed by atoms with Gasteiger partial charge in [0.05, 0.1) is 16.7 Å². The molecule has 1 aliphatic carbocycles. The lowest BCUT2D eigenvalue weighted by molar-refractivity contribution is 0.0894. The fraction of sp³-hybridized carbons (Fsp3) is 0.391. The van der Waals surface area contributed by atoms with Crippen molar-refractivity contribution < 1.29 is 14.6 Å². The number of nitriles is 1. The topological polar surface area (TPSA) is 82.3 Å². The van der Waals surface area contributed by atoms with Gasteiger partial charge < -0.3 is 15.2 Å². The van der Waals surface area contributed by atoms with Gasteiger partial charge in [-0.1, -0.05) is 23.7 Å². The normalized spacial score (nSPS) is 18.7. The molecule has 152 valence electrons. The Morgan fingerprint density at radius 1 is 1.17 bits per heavy atom. The van der Waals surface area contributed by atoms with E-state index in [1.165, 1.54) is 0 Å². The number of carbonyl (C=O) groups excluding carboxylic acids is 1. The van der Waals surface area contributed by atoms with Gasteiger partial charge in [-0.05, 0) is 68.4 Å². The Morgan fingerprint density at radius 3 is 2.52 bits per heavy atom. The summed E-state index contributed by atoms with van der Waals surface area (Å²) in [5.74, 6) is 0.615. The standard InChI is InChI=1S/C23H25ClN2O3/c24-22-14-21(10-7-18(22)15-25)29-20-11-8-19(9-12-20)26-23(28)17-5-3-16(4-6-17)2-1-13-27/h3-7,10,14,19-20,27H,1-2,8-9,11-13H2,(H,26,28). The molecule has 1 fully saturated rings. The number of halogens is 1. The maximum Gasteiger partial charge on any atom is 0.251 e. The Bertz CT molecular complexity index is 869. The van der Waals surface area contributed by atoms with Crippen molar-refractivity contribution >= 4 is 17.5 Å². The highest BCUT2D eigenvalue weighted by Gasteiger charge is 2.24. The Labute approximate surface area is 176 Å². The van der Waals surface area contributed by atoms with Crippen LogP contribution in [0.1, 0.15) is 53.6 Å². The number of aryl methyl sites for hydroxylation is 1. The van der Waals surface area contributed by atoms with E-state index < -0.39 is 0 Å². The second-order valence-corrected chi connectivity index (χ2v) is 7.75. The van der Waals surface area contributed by atoms with Crippen LogP contribution in [0.25, 0.3) is 0 Å². The Balaban J connectivity index is 1.46. The molecular formula is C23H25ClN2O3. The number of amides is 1. The van der Waals surface area contributed by atoms with E-state index in [-0.39, 0.29) is 24.7 Å². The highest BCUT2D eigenvalue weighted by atomic mass is 35.5. The van der Waals surface area contributed by atoms with Gasteiger partial charge >= 0.3 is 0 Å². The molecule has 29 heavy (non-hydrogen) atoms. The zero-order chi connectivity index (χ0) is 20.6. The molecule has 1 amide bonds. The molecule has 1 aliphatic rings. The largest absolute Gasteiger partial charge is 0.490 e. The number of rotatable bonds is 7. The van der Waals surface area contributed by atoms with Gasteiger partial charge in [0.2, 0.25) is 0 Å². The molecule has 2 aromatic rings. The van der Waals surface area contributed by atoms with Crippen LogP contribution in [0.4, 0.5) is 0 Å². The second kappa shape index (κ2) is 10.3. The number of nitrogens with zero attached hydrogens (tertiary/aromatic N) is 1. The first-order valence-corrected chi connectivity index (χ1v) is 10.3. The summed E-state index contributed by atoms with van der Waals surface area (Å²) in [6, 6.07) is 14.9. The first kappa shape index (κ1) is 21.2. The van der Waals surface area contributed by atoms with E-state index in [9.17, 15) is 4.79 Å². The van der Waals surface area contributed by atoms with Gasteiger partial charge in [-0.2, -0.15) is 5.26 Å². The molecule has 6 heteroatoms. The van der Waals surface area contributed by atoms with Crippen LogP contribution >= 0.6 is 11.6 Å². The van der Waals surface area contributed by atoms with E-state index >= 15 is 0 Å². The minimum Gasteiger partial charge on any atom is -0.490 e. The van der Waals surface area contributed by atoms with Crippen LogP contribution in [-0.4, -0.2) is 29.8 Å². The molecule has 0 heterocycles. The Kier molecular flexibility index (Phi) is 7.51. The van der Waals surface area contributed by atoms with Crippen molar-refractivity contribution in [2.75, 3.05) is 6.61 Å². The van der Waals surface area contributed by atoms with Crippen molar-refractivity contribution in [1.82, 2.24) is 5.32 Å². The number of aliphatic hydroxyl groups excluding tert-OH is 1. The Hall–Kier alpha value is -2.55. The first-order chi connectivity index (χ1) is 14.1. The van der Waals surface area contributed by atoms with E-state index in [1.54, 1.807) is 18.2 Å². The van der Waals surface area contributed by atoms with E-state index in [0.29, 0.717) is 21.9 Å². The lowest BCUT2D eigenvalue weighted by Crippen LogP contribution is -2.39. The quantitative estimate of drug-likeness (QED) is 0.711. The van der Waals surface area contributed by atoms with E-state index in [1.807, 2.05) is 30.3 Å². The van der Waals surface area contributed by atoms with Crippen molar-refractivity contribution in [3.63, 3.8) is 0 Å². The summed E-state index contributed by atoms with van der Waals surface area (Å²) >= 11 is 6.06. The number of ether oxygens (including phenoxy) is 1. The Morgan fingerprint density at radius 2 is 1.90 bits per heavy atom. The molecule has 0 spiro atoms. The molecule has 5 nitrogen and oxygen atoms in total. The van der Waals surface area contributed by atoms with Gasteiger partial charge in [0, 0.05) is 24.3 Å². The number of nitrogens with one attached hydrogen (secondary N) is 1. The van der Waals surface area contributed by atoms with Gasteiger partial charge in [-0.3, -0.25) is 4.79 Å². The summed E-state index contributed by atoms with van der Waals surface area (Å²) in [4.78, 5) is 12.5. The summed E-state index contributed by atoms with van der Waals surface area (Å²) in [6.07, 6.45) is 5.03. The molecule has 2 aromatic carbocycles. The summed E-state index contributed by atoms with van der Waals surface area (Å²) in [7, 11) is 0. The smallest absolute Gasteiger partial charge is 0.251 e. The summed E-state index contributed by atoms with van der Waals surface area (Å²) in [5, 5.41) is 21.4. The van der Waals surface area contributed by atoms with E-state index in [2.05, 4.69) is 5.32 Å². The molecule has 0 bridgehead atoms. The number of carbonyl (C=O) groups is 1. The van der Waals surface area contributed by atoms with Crippen LogP contribution in [-0.2, 0) is 6.42 Å². The molecule has 2 N–H and O–H groups in total. The second-order valence-electron chi connectivity index (χ2n) is 7.34. The minimum absolute atomic E-state index is 0.0537. The van der Waals surface area contributed by atoms with Gasteiger partial charge in [-0.25, -0.2) is 0 Å². The average Bonchev–Trinajstić information content (AvgIpc) is 2.74. The predicted molar refractivity (Wildman–Crippen MR) is 112 cm³/mol. The van der Waals surface area contributed by atoms with Crippen molar-refractivity contribution in [3.8, 4) is 11.8 Å². The highest BCUT2D eigenvalue weighted by molar-refractivity contribution is 6.31. The minimum atomic E-state index is -0.0537. The molecular weight excluding hydrogens is 388 g/mol. The molecule has 3 rings (SSSR count). The summed E-state index contributed by atoms with van der Waals surface area (Å²) < 4.78 is 5.99. The fourth-order valence-corrected chi connectivity index (χ4v) is 3.76.